The fourth-order valence-corrected chi connectivity index (χ4v) is 3.54. The highest BCUT2D eigenvalue weighted by Gasteiger charge is 2.24. The molecular weight excluding hydrogens is 362 g/mol. The van der Waals surface area contributed by atoms with Crippen molar-refractivity contribution in [2.45, 2.75) is 39.7 Å². The van der Waals surface area contributed by atoms with Crippen LogP contribution in [0.25, 0.3) is 0 Å². The Morgan fingerprint density at radius 1 is 1.22 bits per heavy atom. The second-order valence-corrected chi connectivity index (χ2v) is 7.59. The van der Waals surface area contributed by atoms with Gasteiger partial charge in [-0.1, -0.05) is 19.1 Å². The predicted octanol–water partition coefficient (Wildman–Crippen LogP) is 3.18. The number of carbonyl (C=O) groups is 2. The first kappa shape index (κ1) is 23.4. The van der Waals surface area contributed by atoms with Crippen LogP contribution in [-0.4, -0.2) is 55.3 Å². The van der Waals surface area contributed by atoms with Gasteiger partial charge < -0.3 is 15.1 Å². The van der Waals surface area contributed by atoms with Gasteiger partial charge in [-0.15, -0.1) is 12.4 Å². The molecular formula is C21H34ClN3O2. The van der Waals surface area contributed by atoms with Crippen LogP contribution in [0.15, 0.2) is 24.3 Å². The van der Waals surface area contributed by atoms with Crippen molar-refractivity contribution >= 4 is 24.2 Å². The quantitative estimate of drug-likeness (QED) is 0.771. The molecule has 27 heavy (non-hydrogen) atoms. The molecule has 2 unspecified atom stereocenters. The normalized spacial score (nSPS) is 17.6. The number of nitrogens with one attached hydrogen (secondary N) is 1. The molecule has 0 spiro atoms. The zero-order chi connectivity index (χ0) is 19.1. The summed E-state index contributed by atoms with van der Waals surface area (Å²) in [6.45, 7) is 7.65. The van der Waals surface area contributed by atoms with Crippen LogP contribution in [0.5, 0.6) is 0 Å². The van der Waals surface area contributed by atoms with E-state index in [1.807, 2.05) is 36.1 Å². The topological polar surface area (TPSA) is 52.7 Å². The number of nitrogens with zero attached hydrogens (tertiary/aromatic N) is 2. The number of rotatable bonds is 7. The van der Waals surface area contributed by atoms with E-state index >= 15 is 0 Å². The lowest BCUT2D eigenvalue weighted by Gasteiger charge is -2.30. The maximum Gasteiger partial charge on any atom is 0.253 e. The Balaban J connectivity index is 0.00000364. The summed E-state index contributed by atoms with van der Waals surface area (Å²) in [4.78, 5) is 28.2. The summed E-state index contributed by atoms with van der Waals surface area (Å²) in [7, 11) is 3.49. The van der Waals surface area contributed by atoms with Gasteiger partial charge in [0.15, 0.2) is 0 Å². The number of hydrogen-bond donors (Lipinski definition) is 1. The number of benzene rings is 1. The highest BCUT2D eigenvalue weighted by Crippen LogP contribution is 2.23. The van der Waals surface area contributed by atoms with Crippen molar-refractivity contribution in [2.75, 3.05) is 33.7 Å². The van der Waals surface area contributed by atoms with Crippen LogP contribution in [0.1, 0.15) is 49.0 Å². The van der Waals surface area contributed by atoms with E-state index in [2.05, 4.69) is 12.2 Å². The van der Waals surface area contributed by atoms with Crippen molar-refractivity contribution in [2.24, 2.45) is 11.8 Å². The number of carbonyl (C=O) groups excluding carboxylic acids is 2. The summed E-state index contributed by atoms with van der Waals surface area (Å²) in [5.41, 5.74) is 1.73. The lowest BCUT2D eigenvalue weighted by molar-refractivity contribution is -0.133. The van der Waals surface area contributed by atoms with Gasteiger partial charge in [0.1, 0.15) is 0 Å². The zero-order valence-electron chi connectivity index (χ0n) is 17.0. The van der Waals surface area contributed by atoms with Gasteiger partial charge in [0.05, 0.1) is 0 Å². The van der Waals surface area contributed by atoms with Crippen LogP contribution in [0.2, 0.25) is 0 Å². The van der Waals surface area contributed by atoms with Gasteiger partial charge in [-0.3, -0.25) is 9.59 Å². The lowest BCUT2D eigenvalue weighted by Crippen LogP contribution is -2.37. The first-order valence-electron chi connectivity index (χ1n) is 9.71. The fourth-order valence-electron chi connectivity index (χ4n) is 3.54. The largest absolute Gasteiger partial charge is 0.345 e. The number of piperidine rings is 1. The van der Waals surface area contributed by atoms with Gasteiger partial charge in [0, 0.05) is 39.2 Å². The molecule has 0 aliphatic carbocycles. The number of amides is 2. The minimum absolute atomic E-state index is 0. The van der Waals surface area contributed by atoms with Gasteiger partial charge in [-0.05, 0) is 62.4 Å². The molecule has 1 aromatic carbocycles. The first-order chi connectivity index (χ1) is 12.4. The highest BCUT2D eigenvalue weighted by molar-refractivity contribution is 5.93. The number of hydrogen-bond acceptors (Lipinski definition) is 3. The van der Waals surface area contributed by atoms with E-state index in [0.717, 1.165) is 18.7 Å². The van der Waals surface area contributed by atoms with E-state index in [4.69, 9.17) is 0 Å². The molecule has 5 nitrogen and oxygen atoms in total. The number of halogens is 1. The third kappa shape index (κ3) is 6.82. The maximum absolute atomic E-state index is 12.7. The van der Waals surface area contributed by atoms with Crippen LogP contribution >= 0.6 is 12.4 Å². The van der Waals surface area contributed by atoms with E-state index < -0.39 is 0 Å². The predicted molar refractivity (Wildman–Crippen MR) is 112 cm³/mol. The summed E-state index contributed by atoms with van der Waals surface area (Å²) in [6.07, 6.45) is 3.03. The second-order valence-electron chi connectivity index (χ2n) is 7.59. The van der Waals surface area contributed by atoms with Gasteiger partial charge in [0.2, 0.25) is 5.91 Å². The molecule has 2 rings (SSSR count). The molecule has 1 heterocycles. The van der Waals surface area contributed by atoms with E-state index in [1.54, 1.807) is 19.0 Å². The van der Waals surface area contributed by atoms with Crippen molar-refractivity contribution < 1.29 is 9.59 Å². The zero-order valence-corrected chi connectivity index (χ0v) is 17.8. The lowest BCUT2D eigenvalue weighted by atomic mass is 9.85. The Hall–Kier alpha value is -1.59. The molecule has 2 atom stereocenters. The van der Waals surface area contributed by atoms with Gasteiger partial charge in [0.25, 0.3) is 5.91 Å². The molecule has 0 radical (unpaired) electrons. The first-order valence-corrected chi connectivity index (χ1v) is 9.71. The monoisotopic (exact) mass is 395 g/mol. The molecule has 1 N–H and O–H groups in total. The third-order valence-corrected chi connectivity index (χ3v) is 5.35. The smallest absolute Gasteiger partial charge is 0.253 e. The molecule has 1 aliphatic rings. The summed E-state index contributed by atoms with van der Waals surface area (Å²) in [5, 5.41) is 3.44. The molecule has 6 heteroatoms. The Kier molecular flexibility index (Phi) is 9.81. The molecule has 152 valence electrons. The minimum atomic E-state index is -0.00473. The van der Waals surface area contributed by atoms with Gasteiger partial charge in [-0.2, -0.15) is 0 Å². The molecule has 0 saturated carbocycles. The Morgan fingerprint density at radius 3 is 2.41 bits per heavy atom. The van der Waals surface area contributed by atoms with Gasteiger partial charge >= 0.3 is 0 Å². The minimum Gasteiger partial charge on any atom is -0.345 e. The average Bonchev–Trinajstić information content (AvgIpc) is 2.66. The summed E-state index contributed by atoms with van der Waals surface area (Å²) in [5.74, 6) is 1.22. The van der Waals surface area contributed by atoms with Crippen LogP contribution in [0, 0.1) is 11.8 Å². The van der Waals surface area contributed by atoms with Crippen LogP contribution in [0.3, 0.4) is 0 Å². The average molecular weight is 396 g/mol. The summed E-state index contributed by atoms with van der Waals surface area (Å²) < 4.78 is 0. The Labute approximate surface area is 169 Å². The Morgan fingerprint density at radius 2 is 1.89 bits per heavy atom. The molecule has 0 aromatic heterocycles. The standard InChI is InChI=1S/C21H33N3O2.ClH/c1-5-24(20(25)13-16(2)19-7-6-12-22-14-19)15-17-8-10-18(11-9-17)21(26)23(3)4;/h8-11,16,19,22H,5-7,12-15H2,1-4H3;1H. The third-order valence-electron chi connectivity index (χ3n) is 5.35. The molecule has 0 bridgehead atoms. The molecule has 1 fully saturated rings. The van der Waals surface area contributed by atoms with E-state index in [9.17, 15) is 9.59 Å². The van der Waals surface area contributed by atoms with Crippen LogP contribution < -0.4 is 5.32 Å². The molecule has 1 aliphatic heterocycles. The van der Waals surface area contributed by atoms with Gasteiger partial charge in [-0.25, -0.2) is 0 Å². The Bertz CT molecular complexity index is 598. The molecule has 2 amide bonds. The van der Waals surface area contributed by atoms with Crippen molar-refractivity contribution in [1.29, 1.82) is 0 Å². The van der Waals surface area contributed by atoms with Crippen molar-refractivity contribution in [3.05, 3.63) is 35.4 Å². The van der Waals surface area contributed by atoms with Crippen LogP contribution in [0.4, 0.5) is 0 Å². The van der Waals surface area contributed by atoms with E-state index in [0.29, 0.717) is 36.9 Å². The van der Waals surface area contributed by atoms with E-state index in [-0.39, 0.29) is 24.2 Å². The summed E-state index contributed by atoms with van der Waals surface area (Å²) in [6, 6.07) is 7.57. The fraction of sp³-hybridized carbons (Fsp3) is 0.619. The highest BCUT2D eigenvalue weighted by atomic mass is 35.5. The molecule has 1 saturated heterocycles. The van der Waals surface area contributed by atoms with E-state index in [1.165, 1.54) is 12.8 Å². The summed E-state index contributed by atoms with van der Waals surface area (Å²) >= 11 is 0. The van der Waals surface area contributed by atoms with Crippen molar-refractivity contribution in [3.8, 4) is 0 Å². The van der Waals surface area contributed by atoms with Crippen molar-refractivity contribution in [3.63, 3.8) is 0 Å². The van der Waals surface area contributed by atoms with Crippen LogP contribution in [-0.2, 0) is 11.3 Å². The van der Waals surface area contributed by atoms with Crippen molar-refractivity contribution in [1.82, 2.24) is 15.1 Å². The second kappa shape index (κ2) is 11.3. The SMILES string of the molecule is CCN(Cc1ccc(C(=O)N(C)C)cc1)C(=O)CC(C)C1CCCNC1.Cl. The maximum atomic E-state index is 12.7. The molecule has 1 aromatic rings.